The molecule has 0 bridgehead atoms. The third-order valence-electron chi connectivity index (χ3n) is 3.93. The Bertz CT molecular complexity index is 457. The second-order valence-corrected chi connectivity index (χ2v) is 5.40. The van der Waals surface area contributed by atoms with Crippen molar-refractivity contribution in [2.24, 2.45) is 17.4 Å². The van der Waals surface area contributed by atoms with Crippen molar-refractivity contribution in [3.63, 3.8) is 0 Å². The molecule has 4 N–H and O–H groups in total. The first-order valence-electron chi connectivity index (χ1n) is 6.97. The molecule has 1 fully saturated rings. The van der Waals surface area contributed by atoms with Gasteiger partial charge in [-0.25, -0.2) is 0 Å². The Morgan fingerprint density at radius 3 is 2.89 bits per heavy atom. The molecule has 1 heterocycles. The number of carbonyl (C=O) groups excluding carboxylic acids is 1. The summed E-state index contributed by atoms with van der Waals surface area (Å²) in [5.74, 6) is 0.332. The Kier molecular flexibility index (Phi) is 4.43. The zero-order valence-corrected chi connectivity index (χ0v) is 11.6. The highest BCUT2D eigenvalue weighted by molar-refractivity contribution is 5.94. The lowest BCUT2D eigenvalue weighted by molar-refractivity contribution is 0.0999. The van der Waals surface area contributed by atoms with E-state index in [2.05, 4.69) is 11.0 Å². The van der Waals surface area contributed by atoms with Crippen molar-refractivity contribution in [2.75, 3.05) is 24.5 Å². The largest absolute Gasteiger partial charge is 0.371 e. The van der Waals surface area contributed by atoms with Crippen LogP contribution in [0.2, 0.25) is 0 Å². The second kappa shape index (κ2) is 6.06. The number of aryl methyl sites for hydroxylation is 1. The lowest BCUT2D eigenvalue weighted by atomic mass is 9.94. The van der Waals surface area contributed by atoms with Crippen LogP contribution in [-0.2, 0) is 0 Å². The maximum atomic E-state index is 11.2. The van der Waals surface area contributed by atoms with Crippen molar-refractivity contribution in [2.45, 2.75) is 26.2 Å². The minimum Gasteiger partial charge on any atom is -0.371 e. The molecule has 19 heavy (non-hydrogen) atoms. The van der Waals surface area contributed by atoms with Gasteiger partial charge in [-0.2, -0.15) is 0 Å². The molecule has 0 radical (unpaired) electrons. The van der Waals surface area contributed by atoms with Crippen LogP contribution in [0.5, 0.6) is 0 Å². The van der Waals surface area contributed by atoms with E-state index in [1.165, 1.54) is 18.5 Å². The van der Waals surface area contributed by atoms with Gasteiger partial charge in [0.1, 0.15) is 0 Å². The number of piperidine rings is 1. The number of hydrogen-bond donors (Lipinski definition) is 2. The minimum absolute atomic E-state index is 0.358. The number of nitrogens with two attached hydrogens (primary N) is 2. The molecular weight excluding hydrogens is 238 g/mol. The van der Waals surface area contributed by atoms with Crippen molar-refractivity contribution in [3.8, 4) is 0 Å². The number of carbonyl (C=O) groups is 1. The average Bonchev–Trinajstić information content (AvgIpc) is 2.39. The van der Waals surface area contributed by atoms with Crippen molar-refractivity contribution in [1.82, 2.24) is 0 Å². The summed E-state index contributed by atoms with van der Waals surface area (Å²) in [6.45, 7) is 4.84. The van der Waals surface area contributed by atoms with Crippen molar-refractivity contribution < 1.29 is 4.79 Å². The van der Waals surface area contributed by atoms with Crippen LogP contribution in [-0.4, -0.2) is 25.5 Å². The van der Waals surface area contributed by atoms with Gasteiger partial charge in [0.15, 0.2) is 0 Å². The summed E-state index contributed by atoms with van der Waals surface area (Å²) < 4.78 is 0. The summed E-state index contributed by atoms with van der Waals surface area (Å²) >= 11 is 0. The molecule has 0 aromatic heterocycles. The Labute approximate surface area is 114 Å². The van der Waals surface area contributed by atoms with Gasteiger partial charge >= 0.3 is 0 Å². The lowest BCUT2D eigenvalue weighted by Gasteiger charge is -2.34. The molecular formula is C15H23N3O. The fraction of sp³-hybridized carbons (Fsp3) is 0.533. The predicted molar refractivity (Wildman–Crippen MR) is 78.3 cm³/mol. The predicted octanol–water partition coefficient (Wildman–Crippen LogP) is 1.66. The summed E-state index contributed by atoms with van der Waals surface area (Å²) in [6.07, 6.45) is 3.57. The zero-order chi connectivity index (χ0) is 13.8. The standard InChI is InChI=1S/C15H23N3O/c1-11-9-13(4-5-14(11)15(17)19)18-8-2-3-12(10-18)6-7-16/h4-5,9,12H,2-3,6-8,10,16H2,1H3,(H2,17,19). The van der Waals surface area contributed by atoms with Crippen LogP contribution in [0.3, 0.4) is 0 Å². The smallest absolute Gasteiger partial charge is 0.248 e. The molecule has 1 aromatic rings. The normalized spacial score (nSPS) is 19.5. The number of rotatable bonds is 4. The first kappa shape index (κ1) is 13.9. The van der Waals surface area contributed by atoms with Gasteiger partial charge in [0.25, 0.3) is 0 Å². The van der Waals surface area contributed by atoms with Crippen LogP contribution in [0, 0.1) is 12.8 Å². The molecule has 1 atom stereocenters. The number of anilines is 1. The van der Waals surface area contributed by atoms with E-state index in [9.17, 15) is 4.79 Å². The fourth-order valence-corrected chi connectivity index (χ4v) is 2.89. The molecule has 2 rings (SSSR count). The van der Waals surface area contributed by atoms with Crippen molar-refractivity contribution in [1.29, 1.82) is 0 Å². The van der Waals surface area contributed by atoms with Crippen molar-refractivity contribution in [3.05, 3.63) is 29.3 Å². The topological polar surface area (TPSA) is 72.3 Å². The third kappa shape index (κ3) is 3.26. The fourth-order valence-electron chi connectivity index (χ4n) is 2.89. The number of primary amides is 1. The Balaban J connectivity index is 2.13. The molecule has 4 nitrogen and oxygen atoms in total. The van der Waals surface area contributed by atoms with Gasteiger partial charge in [0.2, 0.25) is 5.91 Å². The molecule has 104 valence electrons. The van der Waals surface area contributed by atoms with Crippen LogP contribution in [0.15, 0.2) is 18.2 Å². The van der Waals surface area contributed by atoms with E-state index in [0.717, 1.165) is 31.6 Å². The number of nitrogens with zero attached hydrogens (tertiary/aromatic N) is 1. The highest BCUT2D eigenvalue weighted by atomic mass is 16.1. The van der Waals surface area contributed by atoms with E-state index >= 15 is 0 Å². The van der Waals surface area contributed by atoms with Gasteiger partial charge < -0.3 is 16.4 Å². The van der Waals surface area contributed by atoms with Gasteiger partial charge in [-0.05, 0) is 62.4 Å². The molecule has 4 heteroatoms. The van der Waals surface area contributed by atoms with Crippen LogP contribution in [0.25, 0.3) is 0 Å². The van der Waals surface area contributed by atoms with Gasteiger partial charge in [-0.1, -0.05) is 0 Å². The van der Waals surface area contributed by atoms with Gasteiger partial charge in [-0.3, -0.25) is 4.79 Å². The summed E-state index contributed by atoms with van der Waals surface area (Å²) in [5.41, 5.74) is 13.7. The lowest BCUT2D eigenvalue weighted by Crippen LogP contribution is -2.36. The van der Waals surface area contributed by atoms with E-state index in [1.807, 2.05) is 19.1 Å². The monoisotopic (exact) mass is 261 g/mol. The molecule has 1 aromatic carbocycles. The molecule has 0 aliphatic carbocycles. The Morgan fingerprint density at radius 1 is 1.47 bits per heavy atom. The maximum absolute atomic E-state index is 11.2. The molecule has 0 spiro atoms. The molecule has 1 aliphatic heterocycles. The van der Waals surface area contributed by atoms with Gasteiger partial charge in [-0.15, -0.1) is 0 Å². The Morgan fingerprint density at radius 2 is 2.26 bits per heavy atom. The van der Waals surface area contributed by atoms with Crippen LogP contribution >= 0.6 is 0 Å². The van der Waals surface area contributed by atoms with Gasteiger partial charge in [0, 0.05) is 24.3 Å². The summed E-state index contributed by atoms with van der Waals surface area (Å²) in [7, 11) is 0. The maximum Gasteiger partial charge on any atom is 0.248 e. The van der Waals surface area contributed by atoms with Crippen molar-refractivity contribution >= 4 is 11.6 Å². The summed E-state index contributed by atoms with van der Waals surface area (Å²) in [4.78, 5) is 13.6. The van der Waals surface area contributed by atoms with E-state index in [1.54, 1.807) is 0 Å². The Hall–Kier alpha value is -1.55. The first-order chi connectivity index (χ1) is 9.11. The first-order valence-corrected chi connectivity index (χ1v) is 6.97. The van der Waals surface area contributed by atoms with E-state index < -0.39 is 0 Å². The molecule has 1 amide bonds. The molecule has 1 unspecified atom stereocenters. The van der Waals surface area contributed by atoms with E-state index in [-0.39, 0.29) is 5.91 Å². The molecule has 1 aliphatic rings. The second-order valence-electron chi connectivity index (χ2n) is 5.40. The zero-order valence-electron chi connectivity index (χ0n) is 11.6. The van der Waals surface area contributed by atoms with Crippen LogP contribution in [0.1, 0.15) is 35.2 Å². The average molecular weight is 261 g/mol. The molecule has 1 saturated heterocycles. The summed E-state index contributed by atoms with van der Waals surface area (Å²) in [5, 5.41) is 0. The molecule has 0 saturated carbocycles. The van der Waals surface area contributed by atoms with Crippen LogP contribution < -0.4 is 16.4 Å². The number of amides is 1. The third-order valence-corrected chi connectivity index (χ3v) is 3.93. The van der Waals surface area contributed by atoms with Crippen LogP contribution in [0.4, 0.5) is 5.69 Å². The highest BCUT2D eigenvalue weighted by Gasteiger charge is 2.20. The van der Waals surface area contributed by atoms with E-state index in [0.29, 0.717) is 11.5 Å². The SMILES string of the molecule is Cc1cc(N2CCCC(CCN)C2)ccc1C(N)=O. The highest BCUT2D eigenvalue weighted by Crippen LogP contribution is 2.26. The van der Waals surface area contributed by atoms with Gasteiger partial charge in [0.05, 0.1) is 0 Å². The number of hydrogen-bond acceptors (Lipinski definition) is 3. The minimum atomic E-state index is -0.358. The number of benzene rings is 1. The van der Waals surface area contributed by atoms with E-state index in [4.69, 9.17) is 11.5 Å². The summed E-state index contributed by atoms with van der Waals surface area (Å²) in [6, 6.07) is 5.89. The quantitative estimate of drug-likeness (QED) is 0.865.